The minimum absolute atomic E-state index is 0.238. The summed E-state index contributed by atoms with van der Waals surface area (Å²) >= 11 is 0. The Balaban J connectivity index is 1.47. The molecule has 154 valence electrons. The van der Waals surface area contributed by atoms with Gasteiger partial charge in [-0.25, -0.2) is 8.42 Å². The molecule has 1 N–H and O–H groups in total. The van der Waals surface area contributed by atoms with Crippen molar-refractivity contribution in [3.05, 3.63) is 95.8 Å². The van der Waals surface area contributed by atoms with Gasteiger partial charge in [0.15, 0.2) is 9.84 Å². The zero-order chi connectivity index (χ0) is 21.4. The van der Waals surface area contributed by atoms with Crippen LogP contribution >= 0.6 is 0 Å². The van der Waals surface area contributed by atoms with E-state index in [0.29, 0.717) is 13.2 Å². The van der Waals surface area contributed by atoms with Crippen molar-refractivity contribution in [2.24, 2.45) is 0 Å². The summed E-state index contributed by atoms with van der Waals surface area (Å²) in [5.74, 6) is 0.484. The molecular formula is C23H22N2O4S. The van der Waals surface area contributed by atoms with Crippen LogP contribution in [-0.4, -0.2) is 25.6 Å². The predicted molar refractivity (Wildman–Crippen MR) is 115 cm³/mol. The number of aromatic nitrogens is 1. The maximum Gasteiger partial charge on any atom is 0.244 e. The quantitative estimate of drug-likeness (QED) is 0.563. The van der Waals surface area contributed by atoms with Crippen LogP contribution in [0.15, 0.2) is 83.9 Å². The fraction of sp³-hybridized carbons (Fsp3) is 0.130. The van der Waals surface area contributed by atoms with Gasteiger partial charge in [-0.05, 0) is 53.6 Å². The smallest absolute Gasteiger partial charge is 0.244 e. The Morgan fingerprint density at radius 1 is 1.03 bits per heavy atom. The molecule has 1 amide bonds. The van der Waals surface area contributed by atoms with Gasteiger partial charge < -0.3 is 10.1 Å². The van der Waals surface area contributed by atoms with Crippen molar-refractivity contribution in [1.29, 1.82) is 0 Å². The molecule has 0 spiro atoms. The molecule has 0 aliphatic rings. The molecule has 0 radical (unpaired) electrons. The second kappa shape index (κ2) is 9.84. The van der Waals surface area contributed by atoms with Crippen LogP contribution < -0.4 is 10.1 Å². The van der Waals surface area contributed by atoms with Gasteiger partial charge in [0.1, 0.15) is 12.4 Å². The van der Waals surface area contributed by atoms with E-state index in [1.165, 1.54) is 18.2 Å². The van der Waals surface area contributed by atoms with Crippen molar-refractivity contribution in [2.45, 2.75) is 18.0 Å². The highest BCUT2D eigenvalue weighted by Gasteiger charge is 2.06. The summed E-state index contributed by atoms with van der Waals surface area (Å²) in [6, 6.07) is 19.5. The topological polar surface area (TPSA) is 85.4 Å². The van der Waals surface area contributed by atoms with Crippen molar-refractivity contribution in [2.75, 3.05) is 6.26 Å². The minimum Gasteiger partial charge on any atom is -0.487 e. The Morgan fingerprint density at radius 2 is 1.77 bits per heavy atom. The number of hydrogen-bond acceptors (Lipinski definition) is 5. The van der Waals surface area contributed by atoms with Crippen LogP contribution in [0, 0.1) is 0 Å². The monoisotopic (exact) mass is 422 g/mol. The molecular weight excluding hydrogens is 400 g/mol. The molecule has 0 saturated carbocycles. The number of sulfone groups is 1. The van der Waals surface area contributed by atoms with E-state index in [1.807, 2.05) is 42.5 Å². The molecule has 2 aromatic carbocycles. The second-order valence-electron chi connectivity index (χ2n) is 6.65. The highest BCUT2D eigenvalue weighted by molar-refractivity contribution is 7.90. The summed E-state index contributed by atoms with van der Waals surface area (Å²) < 4.78 is 28.6. The molecule has 30 heavy (non-hydrogen) atoms. The van der Waals surface area contributed by atoms with Gasteiger partial charge in [-0.1, -0.05) is 30.3 Å². The normalized spacial score (nSPS) is 11.4. The van der Waals surface area contributed by atoms with Gasteiger partial charge in [0.25, 0.3) is 0 Å². The highest BCUT2D eigenvalue weighted by atomic mass is 32.2. The lowest BCUT2D eigenvalue weighted by molar-refractivity contribution is -0.116. The molecule has 1 aromatic heterocycles. The van der Waals surface area contributed by atoms with Gasteiger partial charge in [0, 0.05) is 25.1 Å². The molecule has 0 unspecified atom stereocenters. The Labute approximate surface area is 176 Å². The first-order valence-corrected chi connectivity index (χ1v) is 11.2. The van der Waals surface area contributed by atoms with E-state index in [1.54, 1.807) is 24.4 Å². The van der Waals surface area contributed by atoms with Crippen molar-refractivity contribution >= 4 is 21.8 Å². The van der Waals surface area contributed by atoms with Crippen LogP contribution in [0.4, 0.5) is 0 Å². The van der Waals surface area contributed by atoms with E-state index in [4.69, 9.17) is 4.74 Å². The third kappa shape index (κ3) is 6.56. The first-order valence-electron chi connectivity index (χ1n) is 9.28. The van der Waals surface area contributed by atoms with Gasteiger partial charge in [-0.2, -0.15) is 0 Å². The van der Waals surface area contributed by atoms with E-state index < -0.39 is 9.84 Å². The van der Waals surface area contributed by atoms with Crippen LogP contribution in [0.5, 0.6) is 5.75 Å². The highest BCUT2D eigenvalue weighted by Crippen LogP contribution is 2.15. The average molecular weight is 423 g/mol. The molecule has 0 aliphatic carbocycles. The fourth-order valence-electron chi connectivity index (χ4n) is 2.59. The van der Waals surface area contributed by atoms with Crippen LogP contribution in [0.2, 0.25) is 0 Å². The number of carbonyl (C=O) groups excluding carboxylic acids is 1. The SMILES string of the molecule is CS(=O)(=O)c1ccc(CNC(=O)/C=C/c2ccc(OCc3ccccn3)cc2)cc1. The number of ether oxygens (including phenoxy) is 1. The summed E-state index contributed by atoms with van der Waals surface area (Å²) in [5, 5.41) is 2.77. The summed E-state index contributed by atoms with van der Waals surface area (Å²) in [4.78, 5) is 16.5. The number of nitrogens with zero attached hydrogens (tertiary/aromatic N) is 1. The molecule has 0 fully saturated rings. The van der Waals surface area contributed by atoms with Crippen molar-refractivity contribution < 1.29 is 17.9 Å². The molecule has 0 aliphatic heterocycles. The van der Waals surface area contributed by atoms with Crippen molar-refractivity contribution in [3.8, 4) is 5.75 Å². The first-order chi connectivity index (χ1) is 14.4. The van der Waals surface area contributed by atoms with Gasteiger partial charge in [-0.15, -0.1) is 0 Å². The Hall–Kier alpha value is -3.45. The summed E-state index contributed by atoms with van der Waals surface area (Å²) in [7, 11) is -3.22. The molecule has 3 rings (SSSR count). The van der Waals surface area contributed by atoms with Crippen LogP contribution in [0.1, 0.15) is 16.8 Å². The van der Waals surface area contributed by atoms with Gasteiger partial charge >= 0.3 is 0 Å². The molecule has 0 saturated heterocycles. The van der Waals surface area contributed by atoms with Gasteiger partial charge in [-0.3, -0.25) is 9.78 Å². The second-order valence-corrected chi connectivity index (χ2v) is 8.66. The maximum absolute atomic E-state index is 12.0. The van der Waals surface area contributed by atoms with Crippen molar-refractivity contribution in [3.63, 3.8) is 0 Å². The summed E-state index contributed by atoms with van der Waals surface area (Å²) in [5.41, 5.74) is 2.54. The van der Waals surface area contributed by atoms with Crippen molar-refractivity contribution in [1.82, 2.24) is 10.3 Å². The lowest BCUT2D eigenvalue weighted by Crippen LogP contribution is -2.20. The molecule has 0 bridgehead atoms. The zero-order valence-electron chi connectivity index (χ0n) is 16.5. The third-order valence-electron chi connectivity index (χ3n) is 4.24. The van der Waals surface area contributed by atoms with Gasteiger partial charge in [0.05, 0.1) is 10.6 Å². The number of nitrogens with one attached hydrogen (secondary N) is 1. The fourth-order valence-corrected chi connectivity index (χ4v) is 3.22. The maximum atomic E-state index is 12.0. The number of pyridine rings is 1. The number of amides is 1. The number of benzene rings is 2. The Morgan fingerprint density at radius 3 is 2.40 bits per heavy atom. The lowest BCUT2D eigenvalue weighted by atomic mass is 10.2. The average Bonchev–Trinajstić information content (AvgIpc) is 2.76. The van der Waals surface area contributed by atoms with E-state index >= 15 is 0 Å². The number of carbonyl (C=O) groups is 1. The third-order valence-corrected chi connectivity index (χ3v) is 5.37. The number of hydrogen-bond donors (Lipinski definition) is 1. The van der Waals surface area contributed by atoms with Crippen LogP contribution in [0.3, 0.4) is 0 Å². The molecule has 0 atom stereocenters. The lowest BCUT2D eigenvalue weighted by Gasteiger charge is -2.06. The van der Waals surface area contributed by atoms with E-state index in [-0.39, 0.29) is 10.8 Å². The summed E-state index contributed by atoms with van der Waals surface area (Å²) in [6.45, 7) is 0.705. The molecule has 3 aromatic rings. The van der Waals surface area contributed by atoms with Crippen LogP contribution in [0.25, 0.3) is 6.08 Å². The van der Waals surface area contributed by atoms with Gasteiger partial charge in [0.2, 0.25) is 5.91 Å². The molecule has 7 heteroatoms. The Kier molecular flexibility index (Phi) is 6.98. The molecule has 1 heterocycles. The molecule has 6 nitrogen and oxygen atoms in total. The van der Waals surface area contributed by atoms with E-state index in [2.05, 4.69) is 10.3 Å². The van der Waals surface area contributed by atoms with E-state index in [9.17, 15) is 13.2 Å². The van der Waals surface area contributed by atoms with Crippen LogP contribution in [-0.2, 0) is 27.8 Å². The predicted octanol–water partition coefficient (Wildman–Crippen LogP) is 3.39. The largest absolute Gasteiger partial charge is 0.487 e. The zero-order valence-corrected chi connectivity index (χ0v) is 17.3. The first kappa shape index (κ1) is 21.3. The standard InChI is InChI=1S/C23H22N2O4S/c1-30(27,28)22-12-7-19(8-13-22)16-25-23(26)14-9-18-5-10-21(11-6-18)29-17-20-4-2-3-15-24-20/h2-15H,16-17H2,1H3,(H,25,26)/b14-9+. The Bertz CT molecular complexity index is 1110. The van der Waals surface area contributed by atoms with E-state index in [0.717, 1.165) is 28.8 Å². The minimum atomic E-state index is -3.22. The number of rotatable bonds is 8. The summed E-state index contributed by atoms with van der Waals surface area (Å²) in [6.07, 6.45) is 6.05.